The Morgan fingerprint density at radius 2 is 1.86 bits per heavy atom. The van der Waals surface area contributed by atoms with E-state index >= 15 is 0 Å². The van der Waals surface area contributed by atoms with Gasteiger partial charge in [-0.05, 0) is 48.9 Å². The van der Waals surface area contributed by atoms with Gasteiger partial charge in [0.1, 0.15) is 11.5 Å². The van der Waals surface area contributed by atoms with Crippen LogP contribution in [0, 0.1) is 6.92 Å². The summed E-state index contributed by atoms with van der Waals surface area (Å²) >= 11 is 3.57. The van der Waals surface area contributed by atoms with Crippen molar-refractivity contribution in [2.45, 2.75) is 6.92 Å². The van der Waals surface area contributed by atoms with Crippen molar-refractivity contribution in [3.63, 3.8) is 0 Å². The van der Waals surface area contributed by atoms with Gasteiger partial charge in [0.2, 0.25) is 0 Å². The Balaban J connectivity index is 1.73. The van der Waals surface area contributed by atoms with Gasteiger partial charge in [-0.2, -0.15) is 5.10 Å². The third-order valence-corrected chi connectivity index (χ3v) is 3.83. The Hall–Kier alpha value is -2.33. The van der Waals surface area contributed by atoms with Gasteiger partial charge in [-0.3, -0.25) is 5.43 Å². The van der Waals surface area contributed by atoms with Crippen LogP contribution in [-0.4, -0.2) is 6.21 Å². The standard InChI is InChI=1S/C18H15BrN2O/c1-13-7-9-16(17(19)11-13)18-10-8-15(22-18)12-20-21-14-5-3-2-4-6-14/h2-12,21H,1H3/b20-12-. The Kier molecular flexibility index (Phi) is 4.39. The van der Waals surface area contributed by atoms with Crippen molar-refractivity contribution in [2.75, 3.05) is 5.43 Å². The fourth-order valence-electron chi connectivity index (χ4n) is 2.07. The molecule has 4 heteroatoms. The van der Waals surface area contributed by atoms with Crippen LogP contribution < -0.4 is 5.43 Å². The molecule has 0 atom stereocenters. The molecule has 0 saturated carbocycles. The first kappa shape index (κ1) is 14.6. The molecule has 2 aromatic carbocycles. The van der Waals surface area contributed by atoms with E-state index in [2.05, 4.69) is 45.5 Å². The molecule has 3 aromatic rings. The van der Waals surface area contributed by atoms with Gasteiger partial charge in [0.15, 0.2) is 0 Å². The van der Waals surface area contributed by atoms with Crippen LogP contribution in [0.3, 0.4) is 0 Å². The lowest BCUT2D eigenvalue weighted by Gasteiger charge is -2.02. The Morgan fingerprint density at radius 1 is 1.05 bits per heavy atom. The molecule has 0 aliphatic heterocycles. The number of hydrazone groups is 1. The second-order valence-electron chi connectivity index (χ2n) is 4.92. The average molecular weight is 355 g/mol. The number of aryl methyl sites for hydroxylation is 1. The molecule has 0 spiro atoms. The zero-order valence-electron chi connectivity index (χ0n) is 12.1. The van der Waals surface area contributed by atoms with E-state index in [9.17, 15) is 0 Å². The molecule has 0 unspecified atom stereocenters. The highest BCUT2D eigenvalue weighted by Gasteiger charge is 2.07. The zero-order valence-corrected chi connectivity index (χ0v) is 13.7. The summed E-state index contributed by atoms with van der Waals surface area (Å²) in [5.74, 6) is 1.51. The van der Waals surface area contributed by atoms with E-state index < -0.39 is 0 Å². The molecular weight excluding hydrogens is 340 g/mol. The van der Waals surface area contributed by atoms with Crippen LogP contribution in [0.4, 0.5) is 5.69 Å². The van der Waals surface area contributed by atoms with Crippen LogP contribution in [0.5, 0.6) is 0 Å². The molecule has 0 aliphatic rings. The highest BCUT2D eigenvalue weighted by Crippen LogP contribution is 2.30. The average Bonchev–Trinajstić information content (AvgIpc) is 2.97. The first-order valence-corrected chi connectivity index (χ1v) is 7.72. The van der Waals surface area contributed by atoms with Crippen molar-refractivity contribution in [3.05, 3.63) is 76.5 Å². The molecule has 110 valence electrons. The molecule has 1 N–H and O–H groups in total. The third-order valence-electron chi connectivity index (χ3n) is 3.18. The fourth-order valence-corrected chi connectivity index (χ4v) is 2.76. The number of para-hydroxylation sites is 1. The number of nitrogens with one attached hydrogen (secondary N) is 1. The Bertz CT molecular complexity index is 794. The Morgan fingerprint density at radius 3 is 2.64 bits per heavy atom. The van der Waals surface area contributed by atoms with Crippen molar-refractivity contribution in [1.29, 1.82) is 0 Å². The van der Waals surface area contributed by atoms with Crippen LogP contribution in [0.25, 0.3) is 11.3 Å². The number of hydrogen-bond acceptors (Lipinski definition) is 3. The largest absolute Gasteiger partial charge is 0.455 e. The van der Waals surface area contributed by atoms with Crippen LogP contribution in [0.1, 0.15) is 11.3 Å². The maximum atomic E-state index is 5.81. The third kappa shape index (κ3) is 3.46. The number of furan rings is 1. The van der Waals surface area contributed by atoms with E-state index in [4.69, 9.17) is 4.42 Å². The van der Waals surface area contributed by atoms with Gasteiger partial charge in [-0.15, -0.1) is 0 Å². The summed E-state index contributed by atoms with van der Waals surface area (Å²) < 4.78 is 6.83. The van der Waals surface area contributed by atoms with E-state index in [1.807, 2.05) is 48.5 Å². The molecule has 3 nitrogen and oxygen atoms in total. The van der Waals surface area contributed by atoms with Crippen LogP contribution >= 0.6 is 15.9 Å². The second kappa shape index (κ2) is 6.62. The van der Waals surface area contributed by atoms with Gasteiger partial charge in [-0.25, -0.2) is 0 Å². The smallest absolute Gasteiger partial charge is 0.147 e. The van der Waals surface area contributed by atoms with Gasteiger partial charge in [0.25, 0.3) is 0 Å². The molecule has 1 aromatic heterocycles. The highest BCUT2D eigenvalue weighted by molar-refractivity contribution is 9.10. The number of benzene rings is 2. The van der Waals surface area contributed by atoms with Crippen molar-refractivity contribution >= 4 is 27.8 Å². The van der Waals surface area contributed by atoms with E-state index in [1.165, 1.54) is 5.56 Å². The van der Waals surface area contributed by atoms with Crippen molar-refractivity contribution in [2.24, 2.45) is 5.10 Å². The number of anilines is 1. The van der Waals surface area contributed by atoms with Gasteiger partial charge in [0.05, 0.1) is 11.9 Å². The molecule has 0 aliphatic carbocycles. The molecule has 0 bridgehead atoms. The zero-order chi connectivity index (χ0) is 15.4. The van der Waals surface area contributed by atoms with Crippen molar-refractivity contribution < 1.29 is 4.42 Å². The summed E-state index contributed by atoms with van der Waals surface area (Å²) in [5, 5.41) is 4.17. The number of rotatable bonds is 4. The highest BCUT2D eigenvalue weighted by atomic mass is 79.9. The Labute approximate surface area is 137 Å². The number of hydrogen-bond donors (Lipinski definition) is 1. The topological polar surface area (TPSA) is 37.5 Å². The van der Waals surface area contributed by atoms with Gasteiger partial charge < -0.3 is 4.42 Å². The quantitative estimate of drug-likeness (QED) is 0.498. The molecule has 1 heterocycles. The minimum Gasteiger partial charge on any atom is -0.455 e. The van der Waals surface area contributed by atoms with E-state index in [0.29, 0.717) is 5.76 Å². The summed E-state index contributed by atoms with van der Waals surface area (Å²) in [6, 6.07) is 19.8. The second-order valence-corrected chi connectivity index (χ2v) is 5.78. The first-order chi connectivity index (χ1) is 10.7. The lowest BCUT2D eigenvalue weighted by atomic mass is 10.1. The SMILES string of the molecule is Cc1ccc(-c2ccc(/C=N\Nc3ccccc3)o2)c(Br)c1. The van der Waals surface area contributed by atoms with Crippen molar-refractivity contribution in [1.82, 2.24) is 0 Å². The lowest BCUT2D eigenvalue weighted by Crippen LogP contribution is -1.88. The number of halogens is 1. The molecule has 0 fully saturated rings. The van der Waals surface area contributed by atoms with Crippen LogP contribution in [0.15, 0.2) is 74.7 Å². The monoisotopic (exact) mass is 354 g/mol. The van der Waals surface area contributed by atoms with Gasteiger partial charge in [-0.1, -0.05) is 40.2 Å². The summed E-state index contributed by atoms with van der Waals surface area (Å²) in [6.45, 7) is 2.06. The van der Waals surface area contributed by atoms with Gasteiger partial charge >= 0.3 is 0 Å². The van der Waals surface area contributed by atoms with Crippen LogP contribution in [-0.2, 0) is 0 Å². The van der Waals surface area contributed by atoms with Crippen LogP contribution in [0.2, 0.25) is 0 Å². The van der Waals surface area contributed by atoms with E-state index in [-0.39, 0.29) is 0 Å². The summed E-state index contributed by atoms with van der Waals surface area (Å²) in [7, 11) is 0. The molecular formula is C18H15BrN2O. The van der Waals surface area contributed by atoms with Crippen molar-refractivity contribution in [3.8, 4) is 11.3 Å². The molecule has 22 heavy (non-hydrogen) atoms. The van der Waals surface area contributed by atoms with E-state index in [0.717, 1.165) is 21.5 Å². The lowest BCUT2D eigenvalue weighted by molar-refractivity contribution is 0.574. The molecule has 0 saturated heterocycles. The minimum atomic E-state index is 0.700. The van der Waals surface area contributed by atoms with Gasteiger partial charge in [0, 0.05) is 10.0 Å². The fraction of sp³-hybridized carbons (Fsp3) is 0.0556. The summed E-state index contributed by atoms with van der Waals surface area (Å²) in [5.41, 5.74) is 6.13. The maximum absolute atomic E-state index is 5.81. The number of nitrogens with zero attached hydrogens (tertiary/aromatic N) is 1. The summed E-state index contributed by atoms with van der Waals surface area (Å²) in [4.78, 5) is 0. The molecule has 0 radical (unpaired) electrons. The normalized spacial score (nSPS) is 11.0. The predicted octanol–water partition coefficient (Wildman–Crippen LogP) is 5.46. The van der Waals surface area contributed by atoms with E-state index in [1.54, 1.807) is 6.21 Å². The maximum Gasteiger partial charge on any atom is 0.147 e. The molecule has 0 amide bonds. The minimum absolute atomic E-state index is 0.700. The predicted molar refractivity (Wildman–Crippen MR) is 94.2 cm³/mol. The first-order valence-electron chi connectivity index (χ1n) is 6.93. The molecule has 3 rings (SSSR count). The summed E-state index contributed by atoms with van der Waals surface area (Å²) in [6.07, 6.45) is 1.67.